The van der Waals surface area contributed by atoms with Crippen LogP contribution in [0.1, 0.15) is 92.8 Å². The third-order valence-electron chi connectivity index (χ3n) is 7.66. The number of benzene rings is 2. The Bertz CT molecular complexity index is 1200. The number of Topliss-reactive ketones (excluding diaryl/α,β-unsaturated/α-hetero) is 2. The molecule has 39 heavy (non-hydrogen) atoms. The van der Waals surface area contributed by atoms with Gasteiger partial charge in [-0.2, -0.15) is 0 Å². The number of hydrogen-bond acceptors (Lipinski definition) is 4. The Labute approximate surface area is 233 Å². The van der Waals surface area contributed by atoms with Crippen LogP contribution in [0.15, 0.2) is 53.5 Å². The fourth-order valence-corrected chi connectivity index (χ4v) is 5.26. The Kier molecular flexibility index (Phi) is 11.8. The maximum absolute atomic E-state index is 13.1. The van der Waals surface area contributed by atoms with Crippen molar-refractivity contribution in [3.8, 4) is 11.8 Å². The Morgan fingerprint density at radius 3 is 2.23 bits per heavy atom. The summed E-state index contributed by atoms with van der Waals surface area (Å²) in [5.74, 6) is 4.45. The summed E-state index contributed by atoms with van der Waals surface area (Å²) in [6.45, 7) is 5.38. The summed E-state index contributed by atoms with van der Waals surface area (Å²) >= 11 is 0. The number of aliphatic imine (C=N–C) groups is 1. The Morgan fingerprint density at radius 2 is 1.62 bits per heavy atom. The van der Waals surface area contributed by atoms with Gasteiger partial charge in [0.2, 0.25) is 0 Å². The van der Waals surface area contributed by atoms with Crippen LogP contribution in [-0.2, 0) is 16.0 Å². The van der Waals surface area contributed by atoms with E-state index in [-0.39, 0.29) is 18.8 Å². The number of aliphatic hydroxyl groups is 1. The lowest BCUT2D eigenvalue weighted by molar-refractivity contribution is -0.133. The molecule has 206 valence electrons. The van der Waals surface area contributed by atoms with Crippen molar-refractivity contribution in [1.29, 1.82) is 0 Å². The van der Waals surface area contributed by atoms with Crippen LogP contribution in [0.3, 0.4) is 0 Å². The predicted octanol–water partition coefficient (Wildman–Crippen LogP) is 6.24. The zero-order valence-corrected chi connectivity index (χ0v) is 23.5. The number of hydrogen-bond donors (Lipinski definition) is 1. The zero-order valence-electron chi connectivity index (χ0n) is 23.5. The summed E-state index contributed by atoms with van der Waals surface area (Å²) in [6, 6.07) is 15.4. The lowest BCUT2D eigenvalue weighted by Crippen LogP contribution is -2.34. The maximum atomic E-state index is 13.1. The quantitative estimate of drug-likeness (QED) is 0.130. The van der Waals surface area contributed by atoms with Gasteiger partial charge in [0, 0.05) is 41.9 Å². The van der Waals surface area contributed by atoms with Gasteiger partial charge in [-0.05, 0) is 60.9 Å². The number of ketones is 2. The second kappa shape index (κ2) is 15.3. The number of amides is 1. The van der Waals surface area contributed by atoms with E-state index in [0.717, 1.165) is 29.4 Å². The summed E-state index contributed by atoms with van der Waals surface area (Å²) in [6.07, 6.45) is 9.60. The van der Waals surface area contributed by atoms with E-state index in [1.807, 2.05) is 6.92 Å². The summed E-state index contributed by atoms with van der Waals surface area (Å²) in [5, 5.41) is 9.17. The van der Waals surface area contributed by atoms with Gasteiger partial charge in [0.25, 0.3) is 5.91 Å². The van der Waals surface area contributed by atoms with Crippen LogP contribution in [0.4, 0.5) is 0 Å². The van der Waals surface area contributed by atoms with Gasteiger partial charge in [0.05, 0.1) is 0 Å². The average molecular weight is 528 g/mol. The largest absolute Gasteiger partial charge is 0.396 e. The molecule has 0 aliphatic heterocycles. The first-order chi connectivity index (χ1) is 18.8. The van der Waals surface area contributed by atoms with Crippen LogP contribution < -0.4 is 0 Å². The molecule has 0 saturated heterocycles. The zero-order chi connectivity index (χ0) is 28.2. The maximum Gasteiger partial charge on any atom is 0.256 e. The second-order valence-corrected chi connectivity index (χ2v) is 10.8. The van der Waals surface area contributed by atoms with Crippen molar-refractivity contribution in [2.75, 3.05) is 6.61 Å². The van der Waals surface area contributed by atoms with Gasteiger partial charge < -0.3 is 5.11 Å². The van der Waals surface area contributed by atoms with E-state index in [0.29, 0.717) is 12.0 Å². The molecule has 1 N–H and O–H groups in total. The van der Waals surface area contributed by atoms with Crippen LogP contribution in [-0.4, -0.2) is 35.4 Å². The van der Waals surface area contributed by atoms with E-state index >= 15 is 0 Å². The smallest absolute Gasteiger partial charge is 0.256 e. The predicted molar refractivity (Wildman–Crippen MR) is 156 cm³/mol. The third kappa shape index (κ3) is 9.11. The lowest BCUT2D eigenvalue weighted by atomic mass is 9.82. The Hall–Kier alpha value is -3.36. The monoisotopic (exact) mass is 527 g/mol. The number of carbonyl (C=O) groups excluding carboxylic acids is 3. The molecular formula is C34H41NO4. The summed E-state index contributed by atoms with van der Waals surface area (Å²) in [4.78, 5) is 42.0. The molecule has 3 rings (SSSR count). The Morgan fingerprint density at radius 1 is 0.974 bits per heavy atom. The summed E-state index contributed by atoms with van der Waals surface area (Å²) in [7, 11) is 0. The highest BCUT2D eigenvalue weighted by atomic mass is 16.3. The highest BCUT2D eigenvalue weighted by molar-refractivity contribution is 6.10. The van der Waals surface area contributed by atoms with E-state index in [2.05, 4.69) is 48.0 Å². The first-order valence-electron chi connectivity index (χ1n) is 14.3. The normalized spacial score (nSPS) is 19.0. The molecule has 0 spiro atoms. The van der Waals surface area contributed by atoms with Crippen molar-refractivity contribution >= 4 is 23.7 Å². The van der Waals surface area contributed by atoms with E-state index in [9.17, 15) is 19.5 Å². The van der Waals surface area contributed by atoms with Crippen molar-refractivity contribution in [1.82, 2.24) is 0 Å². The number of rotatable bonds is 10. The molecule has 5 heteroatoms. The minimum atomic E-state index is -1.21. The molecule has 4 atom stereocenters. The Balaban J connectivity index is 1.64. The number of aliphatic hydroxyl groups excluding tert-OH is 1. The summed E-state index contributed by atoms with van der Waals surface area (Å²) in [5.41, 5.74) is 3.48. The lowest BCUT2D eigenvalue weighted by Gasteiger charge is -2.19. The molecule has 2 aromatic rings. The molecule has 4 unspecified atom stereocenters. The molecule has 1 saturated carbocycles. The number of nitrogens with zero attached hydrogens (tertiary/aromatic N) is 1. The van der Waals surface area contributed by atoms with Gasteiger partial charge in [-0.25, -0.2) is 4.99 Å². The van der Waals surface area contributed by atoms with E-state index in [1.165, 1.54) is 43.9 Å². The van der Waals surface area contributed by atoms with E-state index in [1.54, 1.807) is 31.2 Å². The highest BCUT2D eigenvalue weighted by Gasteiger charge is 2.35. The molecule has 0 aromatic heterocycles. The van der Waals surface area contributed by atoms with Crippen molar-refractivity contribution in [3.63, 3.8) is 0 Å². The molecule has 5 nitrogen and oxygen atoms in total. The van der Waals surface area contributed by atoms with Crippen molar-refractivity contribution in [3.05, 3.63) is 70.8 Å². The first kappa shape index (κ1) is 30.2. The van der Waals surface area contributed by atoms with Crippen LogP contribution in [0, 0.1) is 35.5 Å². The molecule has 1 aliphatic carbocycles. The summed E-state index contributed by atoms with van der Waals surface area (Å²) < 4.78 is 0. The van der Waals surface area contributed by atoms with E-state index in [4.69, 9.17) is 0 Å². The molecule has 1 aliphatic rings. The topological polar surface area (TPSA) is 83.8 Å². The van der Waals surface area contributed by atoms with E-state index < -0.39 is 23.5 Å². The molecule has 2 aromatic carbocycles. The first-order valence-corrected chi connectivity index (χ1v) is 14.3. The minimum absolute atomic E-state index is 0.189. The minimum Gasteiger partial charge on any atom is -0.396 e. The van der Waals surface area contributed by atoms with Gasteiger partial charge in [0.1, 0.15) is 11.7 Å². The van der Waals surface area contributed by atoms with Gasteiger partial charge in [-0.1, -0.05) is 82.6 Å². The van der Waals surface area contributed by atoms with Crippen molar-refractivity contribution in [2.24, 2.45) is 28.7 Å². The molecule has 0 heterocycles. The van der Waals surface area contributed by atoms with Gasteiger partial charge >= 0.3 is 0 Å². The fraction of sp³-hybridized carbons (Fsp3) is 0.471. The molecule has 1 amide bonds. The van der Waals surface area contributed by atoms with Crippen LogP contribution in [0.5, 0.6) is 0 Å². The van der Waals surface area contributed by atoms with Crippen LogP contribution >= 0.6 is 0 Å². The highest BCUT2D eigenvalue weighted by Crippen LogP contribution is 2.29. The van der Waals surface area contributed by atoms with Gasteiger partial charge in [-0.15, -0.1) is 0 Å². The number of carbonyl (C=O) groups is 3. The molecular weight excluding hydrogens is 486 g/mol. The molecule has 1 fully saturated rings. The SMILES string of the molecule is CCC=NC(=O)C(C(=O)CCO)C(C)C(=O)c1ccc(C#Cc2ccc(CC3CCCC(C)CC3)cc2)cc1. The molecule has 0 radical (unpaired) electrons. The standard InChI is InChI=1S/C34H41NO4/c1-4-21-35-34(39)32(31(37)20-22-36)25(3)33(38)30-18-16-27(17-19-30)11-10-26-12-14-29(15-13-26)23-28-7-5-6-24(2)8-9-28/h12-19,21,24-25,28,32,36H,4-9,20,22-23H2,1-3H3. The van der Waals surface area contributed by atoms with Crippen molar-refractivity contribution in [2.45, 2.75) is 72.1 Å². The second-order valence-electron chi connectivity index (χ2n) is 10.8. The molecule has 0 bridgehead atoms. The third-order valence-corrected chi connectivity index (χ3v) is 7.66. The average Bonchev–Trinajstić information content (AvgIpc) is 3.15. The van der Waals surface area contributed by atoms with Crippen LogP contribution in [0.2, 0.25) is 0 Å². The fourth-order valence-electron chi connectivity index (χ4n) is 5.26. The van der Waals surface area contributed by atoms with Gasteiger partial charge in [0.15, 0.2) is 5.78 Å². The van der Waals surface area contributed by atoms with Crippen molar-refractivity contribution < 1.29 is 19.5 Å². The van der Waals surface area contributed by atoms with Crippen LogP contribution in [0.25, 0.3) is 0 Å². The van der Waals surface area contributed by atoms with Gasteiger partial charge in [-0.3, -0.25) is 14.4 Å².